The Balaban J connectivity index is 2.21. The number of imidazole rings is 1. The molecule has 20 heavy (non-hydrogen) atoms. The molecule has 1 aromatic carbocycles. The Kier molecular flexibility index (Phi) is 2.99. The van der Waals surface area contributed by atoms with Crippen LogP contribution in [-0.4, -0.2) is 22.5 Å². The lowest BCUT2D eigenvalue weighted by molar-refractivity contribution is 0.0602. The number of carbonyl (C=O) groups is 1. The summed E-state index contributed by atoms with van der Waals surface area (Å²) < 4.78 is 6.63. The van der Waals surface area contributed by atoms with Crippen LogP contribution in [0.15, 0.2) is 48.8 Å². The first kappa shape index (κ1) is 12.4. The van der Waals surface area contributed by atoms with Gasteiger partial charge in [-0.15, -0.1) is 0 Å². The summed E-state index contributed by atoms with van der Waals surface area (Å²) in [6.07, 6.45) is 3.79. The summed E-state index contributed by atoms with van der Waals surface area (Å²) in [6.45, 7) is 2.04. The van der Waals surface area contributed by atoms with Crippen LogP contribution in [0.4, 0.5) is 0 Å². The smallest absolute Gasteiger partial charge is 0.341 e. The van der Waals surface area contributed by atoms with Gasteiger partial charge in [-0.3, -0.25) is 0 Å². The maximum atomic E-state index is 11.8. The molecule has 100 valence electrons. The van der Waals surface area contributed by atoms with Crippen molar-refractivity contribution < 1.29 is 9.53 Å². The van der Waals surface area contributed by atoms with E-state index in [1.54, 1.807) is 6.07 Å². The normalized spacial score (nSPS) is 10.7. The first-order chi connectivity index (χ1) is 9.70. The molecule has 4 nitrogen and oxygen atoms in total. The van der Waals surface area contributed by atoms with Gasteiger partial charge in [-0.1, -0.05) is 24.3 Å². The van der Waals surface area contributed by atoms with Gasteiger partial charge in [-0.2, -0.15) is 0 Å². The first-order valence-corrected chi connectivity index (χ1v) is 6.33. The van der Waals surface area contributed by atoms with Gasteiger partial charge >= 0.3 is 5.97 Å². The molecule has 0 atom stereocenters. The number of pyridine rings is 1. The van der Waals surface area contributed by atoms with Crippen LogP contribution in [-0.2, 0) is 4.74 Å². The van der Waals surface area contributed by atoms with E-state index in [1.807, 2.05) is 54.0 Å². The summed E-state index contributed by atoms with van der Waals surface area (Å²) in [5, 5.41) is 0. The van der Waals surface area contributed by atoms with Crippen molar-refractivity contribution in [3.8, 4) is 11.3 Å². The van der Waals surface area contributed by atoms with Crippen LogP contribution < -0.4 is 0 Å². The molecule has 0 aliphatic heterocycles. The maximum absolute atomic E-state index is 11.8. The van der Waals surface area contributed by atoms with Crippen molar-refractivity contribution in [1.29, 1.82) is 0 Å². The number of fused-ring (bicyclic) bond motifs is 1. The number of esters is 1. The number of ether oxygens (including phenoxy) is 1. The van der Waals surface area contributed by atoms with Crippen molar-refractivity contribution in [2.24, 2.45) is 0 Å². The van der Waals surface area contributed by atoms with E-state index in [9.17, 15) is 4.79 Å². The van der Waals surface area contributed by atoms with E-state index in [0.717, 1.165) is 16.8 Å². The molecule has 0 fully saturated rings. The molecule has 0 spiro atoms. The van der Waals surface area contributed by atoms with Gasteiger partial charge in [0.25, 0.3) is 0 Å². The van der Waals surface area contributed by atoms with E-state index >= 15 is 0 Å². The lowest BCUT2D eigenvalue weighted by Gasteiger charge is -2.00. The predicted molar refractivity (Wildman–Crippen MR) is 76.7 cm³/mol. The number of benzene rings is 1. The third-order valence-electron chi connectivity index (χ3n) is 3.31. The lowest BCUT2D eigenvalue weighted by Crippen LogP contribution is -2.03. The van der Waals surface area contributed by atoms with E-state index in [2.05, 4.69) is 4.98 Å². The predicted octanol–water partition coefficient (Wildman–Crippen LogP) is 3.10. The van der Waals surface area contributed by atoms with E-state index in [4.69, 9.17) is 4.74 Å². The number of methoxy groups -OCH3 is 1. The fourth-order valence-electron chi connectivity index (χ4n) is 2.27. The van der Waals surface area contributed by atoms with E-state index in [0.29, 0.717) is 11.2 Å². The zero-order valence-electron chi connectivity index (χ0n) is 11.3. The molecule has 0 radical (unpaired) electrons. The van der Waals surface area contributed by atoms with Crippen molar-refractivity contribution >= 4 is 11.6 Å². The second-order valence-electron chi connectivity index (χ2n) is 4.59. The summed E-state index contributed by atoms with van der Waals surface area (Å²) >= 11 is 0. The molecule has 0 aliphatic carbocycles. The van der Waals surface area contributed by atoms with Crippen LogP contribution in [0.3, 0.4) is 0 Å². The fraction of sp³-hybridized carbons (Fsp3) is 0.125. The second-order valence-corrected chi connectivity index (χ2v) is 4.59. The standard InChI is InChI=1S/C16H14N2O2/c1-11-6-3-4-7-12(11)14-10-18-9-5-8-13(15(18)17-14)16(19)20-2/h3-10H,1-2H3. The summed E-state index contributed by atoms with van der Waals surface area (Å²) in [5.74, 6) is -0.377. The van der Waals surface area contributed by atoms with Gasteiger partial charge in [0.15, 0.2) is 5.65 Å². The molecule has 0 aliphatic rings. The van der Waals surface area contributed by atoms with Gasteiger partial charge in [0, 0.05) is 18.0 Å². The van der Waals surface area contributed by atoms with Gasteiger partial charge in [-0.25, -0.2) is 9.78 Å². The largest absolute Gasteiger partial charge is 0.465 e. The third-order valence-corrected chi connectivity index (χ3v) is 3.31. The zero-order valence-corrected chi connectivity index (χ0v) is 11.3. The van der Waals surface area contributed by atoms with Gasteiger partial charge in [0.05, 0.1) is 12.8 Å². The molecule has 0 amide bonds. The van der Waals surface area contributed by atoms with E-state index in [-0.39, 0.29) is 5.97 Å². The number of aromatic nitrogens is 2. The number of rotatable bonds is 2. The van der Waals surface area contributed by atoms with Crippen molar-refractivity contribution in [3.05, 3.63) is 59.9 Å². The number of nitrogens with zero attached hydrogens (tertiary/aromatic N) is 2. The highest BCUT2D eigenvalue weighted by molar-refractivity contribution is 5.96. The van der Waals surface area contributed by atoms with Crippen LogP contribution in [0.1, 0.15) is 15.9 Å². The fourth-order valence-corrected chi connectivity index (χ4v) is 2.27. The quantitative estimate of drug-likeness (QED) is 0.669. The van der Waals surface area contributed by atoms with Crippen LogP contribution in [0.5, 0.6) is 0 Å². The lowest BCUT2D eigenvalue weighted by atomic mass is 10.1. The molecule has 3 rings (SSSR count). The number of aryl methyl sites for hydroxylation is 1. The summed E-state index contributed by atoms with van der Waals surface area (Å²) in [7, 11) is 1.37. The average Bonchev–Trinajstić information content (AvgIpc) is 2.90. The number of hydrogen-bond acceptors (Lipinski definition) is 3. The Labute approximate surface area is 116 Å². The van der Waals surface area contributed by atoms with Crippen LogP contribution in [0, 0.1) is 6.92 Å². The molecule has 0 saturated heterocycles. The van der Waals surface area contributed by atoms with Crippen LogP contribution in [0.2, 0.25) is 0 Å². The Morgan fingerprint density at radius 3 is 2.75 bits per heavy atom. The summed E-state index contributed by atoms with van der Waals surface area (Å²) in [4.78, 5) is 16.3. The van der Waals surface area contributed by atoms with E-state index in [1.165, 1.54) is 7.11 Å². The Morgan fingerprint density at radius 1 is 1.20 bits per heavy atom. The third kappa shape index (κ3) is 1.95. The minimum Gasteiger partial charge on any atom is -0.465 e. The van der Waals surface area contributed by atoms with E-state index < -0.39 is 0 Å². The van der Waals surface area contributed by atoms with Crippen molar-refractivity contribution in [2.45, 2.75) is 6.92 Å². The molecule has 2 heterocycles. The molecule has 0 bridgehead atoms. The summed E-state index contributed by atoms with van der Waals surface area (Å²) in [6, 6.07) is 11.6. The Hall–Kier alpha value is -2.62. The van der Waals surface area contributed by atoms with Gasteiger partial charge < -0.3 is 9.14 Å². The second kappa shape index (κ2) is 4.81. The van der Waals surface area contributed by atoms with Gasteiger partial charge in [0.2, 0.25) is 0 Å². The minimum atomic E-state index is -0.377. The van der Waals surface area contributed by atoms with Crippen molar-refractivity contribution in [2.75, 3.05) is 7.11 Å². The monoisotopic (exact) mass is 266 g/mol. The highest BCUT2D eigenvalue weighted by atomic mass is 16.5. The van der Waals surface area contributed by atoms with Gasteiger partial charge in [0.1, 0.15) is 5.56 Å². The van der Waals surface area contributed by atoms with Crippen molar-refractivity contribution in [1.82, 2.24) is 9.38 Å². The van der Waals surface area contributed by atoms with Crippen LogP contribution in [0.25, 0.3) is 16.9 Å². The molecule has 0 saturated carbocycles. The number of carbonyl (C=O) groups excluding carboxylic acids is 1. The zero-order chi connectivity index (χ0) is 14.1. The van der Waals surface area contributed by atoms with Crippen molar-refractivity contribution in [3.63, 3.8) is 0 Å². The SMILES string of the molecule is COC(=O)c1cccn2cc(-c3ccccc3C)nc12. The first-order valence-electron chi connectivity index (χ1n) is 6.33. The van der Waals surface area contributed by atoms with Gasteiger partial charge in [-0.05, 0) is 24.6 Å². The highest BCUT2D eigenvalue weighted by Gasteiger charge is 2.14. The molecule has 4 heteroatoms. The highest BCUT2D eigenvalue weighted by Crippen LogP contribution is 2.23. The number of hydrogen-bond donors (Lipinski definition) is 0. The summed E-state index contributed by atoms with van der Waals surface area (Å²) in [5.41, 5.74) is 4.13. The Bertz CT molecular complexity index is 790. The average molecular weight is 266 g/mol. The molecule has 3 aromatic rings. The maximum Gasteiger partial charge on any atom is 0.341 e. The minimum absolute atomic E-state index is 0.377. The van der Waals surface area contributed by atoms with Crippen LogP contribution >= 0.6 is 0 Å². The molecule has 2 aromatic heterocycles. The molecule has 0 N–H and O–H groups in total. The topological polar surface area (TPSA) is 43.6 Å². The molecular weight excluding hydrogens is 252 g/mol. The molecular formula is C16H14N2O2. The molecule has 0 unspecified atom stereocenters. The Morgan fingerprint density at radius 2 is 2.00 bits per heavy atom.